The van der Waals surface area contributed by atoms with Crippen molar-refractivity contribution in [1.82, 2.24) is 0 Å². The maximum Gasteiger partial charge on any atom is 0.346 e. The van der Waals surface area contributed by atoms with E-state index in [1.807, 2.05) is 30.3 Å². The summed E-state index contributed by atoms with van der Waals surface area (Å²) < 4.78 is 4.69. The molecule has 0 radical (unpaired) electrons. The van der Waals surface area contributed by atoms with Crippen LogP contribution in [0.25, 0.3) is 0 Å². The predicted octanol–water partition coefficient (Wildman–Crippen LogP) is 2.21. The van der Waals surface area contributed by atoms with E-state index in [0.29, 0.717) is 17.0 Å². The molecule has 0 amide bonds. The standard InChI is InChI=1S/C12H13NO2S/c1-15-12(14)11-9(13)7-10(16-11)8-5-3-2-4-6-8/h2-6,10H,7,13H2,1H3/t10-/m1/s1. The molecule has 84 valence electrons. The highest BCUT2D eigenvalue weighted by molar-refractivity contribution is 8.04. The van der Waals surface area contributed by atoms with Crippen molar-refractivity contribution in [2.75, 3.05) is 7.11 Å². The highest BCUT2D eigenvalue weighted by Crippen LogP contribution is 2.46. The fourth-order valence-corrected chi connectivity index (χ4v) is 2.93. The van der Waals surface area contributed by atoms with Crippen molar-refractivity contribution in [3.8, 4) is 0 Å². The Hall–Kier alpha value is -1.42. The number of nitrogens with two attached hydrogens (primary N) is 1. The number of hydrogen-bond acceptors (Lipinski definition) is 4. The Balaban J connectivity index is 2.15. The first-order chi connectivity index (χ1) is 7.72. The number of benzene rings is 1. The zero-order valence-corrected chi connectivity index (χ0v) is 9.79. The minimum atomic E-state index is -0.332. The molecule has 0 aliphatic carbocycles. The number of carbonyl (C=O) groups excluding carboxylic acids is 1. The summed E-state index contributed by atoms with van der Waals surface area (Å²) in [5, 5.41) is 0.232. The van der Waals surface area contributed by atoms with Gasteiger partial charge in [-0.2, -0.15) is 0 Å². The normalized spacial score (nSPS) is 19.9. The van der Waals surface area contributed by atoms with Gasteiger partial charge in [-0.05, 0) is 5.56 Å². The van der Waals surface area contributed by atoms with Crippen LogP contribution in [-0.4, -0.2) is 13.1 Å². The third kappa shape index (κ3) is 2.07. The molecule has 0 bridgehead atoms. The number of rotatable bonds is 2. The summed E-state index contributed by atoms with van der Waals surface area (Å²) in [6, 6.07) is 10.0. The Kier molecular flexibility index (Phi) is 3.19. The van der Waals surface area contributed by atoms with Crippen LogP contribution < -0.4 is 5.73 Å². The Labute approximate surface area is 98.7 Å². The minimum absolute atomic E-state index is 0.232. The van der Waals surface area contributed by atoms with E-state index in [-0.39, 0.29) is 11.2 Å². The lowest BCUT2D eigenvalue weighted by Crippen LogP contribution is -2.06. The van der Waals surface area contributed by atoms with Crippen LogP contribution >= 0.6 is 11.8 Å². The lowest BCUT2D eigenvalue weighted by molar-refractivity contribution is -0.135. The summed E-state index contributed by atoms with van der Waals surface area (Å²) in [5.74, 6) is -0.332. The summed E-state index contributed by atoms with van der Waals surface area (Å²) >= 11 is 1.48. The van der Waals surface area contributed by atoms with Crippen molar-refractivity contribution in [2.45, 2.75) is 11.7 Å². The molecule has 1 aliphatic heterocycles. The maximum absolute atomic E-state index is 11.4. The Morgan fingerprint density at radius 2 is 2.12 bits per heavy atom. The van der Waals surface area contributed by atoms with Crippen molar-refractivity contribution in [1.29, 1.82) is 0 Å². The molecule has 0 fully saturated rings. The number of esters is 1. The second-order valence-electron chi connectivity index (χ2n) is 3.57. The molecule has 2 N–H and O–H groups in total. The summed E-state index contributed by atoms with van der Waals surface area (Å²) in [5.41, 5.74) is 7.66. The van der Waals surface area contributed by atoms with Crippen molar-refractivity contribution < 1.29 is 9.53 Å². The van der Waals surface area contributed by atoms with E-state index in [2.05, 4.69) is 0 Å². The van der Waals surface area contributed by atoms with Gasteiger partial charge in [-0.25, -0.2) is 4.79 Å². The van der Waals surface area contributed by atoms with E-state index >= 15 is 0 Å². The third-order valence-electron chi connectivity index (χ3n) is 2.50. The fraction of sp³-hybridized carbons (Fsp3) is 0.250. The first-order valence-electron chi connectivity index (χ1n) is 5.01. The average molecular weight is 235 g/mol. The van der Waals surface area contributed by atoms with Crippen LogP contribution in [0.3, 0.4) is 0 Å². The molecular formula is C12H13NO2S. The van der Waals surface area contributed by atoms with E-state index in [9.17, 15) is 4.79 Å². The van der Waals surface area contributed by atoms with Gasteiger partial charge in [0.05, 0.1) is 7.11 Å². The lowest BCUT2D eigenvalue weighted by Gasteiger charge is -2.08. The largest absolute Gasteiger partial charge is 0.465 e. The SMILES string of the molecule is COC(=O)C1=C(N)C[C@H](c2ccccc2)S1. The average Bonchev–Trinajstić information content (AvgIpc) is 2.71. The van der Waals surface area contributed by atoms with Crippen LogP contribution in [0.2, 0.25) is 0 Å². The molecule has 1 aromatic rings. The van der Waals surface area contributed by atoms with E-state index in [4.69, 9.17) is 10.5 Å². The molecular weight excluding hydrogens is 222 g/mol. The first-order valence-corrected chi connectivity index (χ1v) is 5.89. The highest BCUT2D eigenvalue weighted by Gasteiger charge is 2.29. The Morgan fingerprint density at radius 3 is 2.75 bits per heavy atom. The molecule has 0 unspecified atom stereocenters. The van der Waals surface area contributed by atoms with E-state index in [1.165, 1.54) is 24.4 Å². The van der Waals surface area contributed by atoms with Gasteiger partial charge < -0.3 is 10.5 Å². The van der Waals surface area contributed by atoms with Crippen molar-refractivity contribution >= 4 is 17.7 Å². The minimum Gasteiger partial charge on any atom is -0.465 e. The number of methoxy groups -OCH3 is 1. The molecule has 0 aromatic heterocycles. The maximum atomic E-state index is 11.4. The molecule has 3 nitrogen and oxygen atoms in total. The summed E-state index contributed by atoms with van der Waals surface area (Å²) in [4.78, 5) is 12.0. The van der Waals surface area contributed by atoms with Crippen LogP contribution in [-0.2, 0) is 9.53 Å². The molecule has 4 heteroatoms. The van der Waals surface area contributed by atoms with Gasteiger partial charge in [-0.3, -0.25) is 0 Å². The monoisotopic (exact) mass is 235 g/mol. The molecule has 0 saturated heterocycles. The van der Waals surface area contributed by atoms with Crippen LogP contribution in [0.1, 0.15) is 17.2 Å². The molecule has 0 spiro atoms. The van der Waals surface area contributed by atoms with Gasteiger partial charge in [0.15, 0.2) is 0 Å². The smallest absolute Gasteiger partial charge is 0.346 e. The molecule has 1 aromatic carbocycles. The van der Waals surface area contributed by atoms with Crippen LogP contribution in [0, 0.1) is 0 Å². The second-order valence-corrected chi connectivity index (χ2v) is 4.78. The van der Waals surface area contributed by atoms with Gasteiger partial charge in [-0.15, -0.1) is 11.8 Å². The van der Waals surface area contributed by atoms with Crippen LogP contribution in [0.15, 0.2) is 40.9 Å². The van der Waals surface area contributed by atoms with Crippen LogP contribution in [0.5, 0.6) is 0 Å². The van der Waals surface area contributed by atoms with Gasteiger partial charge in [0.1, 0.15) is 4.91 Å². The summed E-state index contributed by atoms with van der Waals surface area (Å²) in [6.45, 7) is 0. The fourth-order valence-electron chi connectivity index (χ4n) is 1.68. The van der Waals surface area contributed by atoms with Crippen LogP contribution in [0.4, 0.5) is 0 Å². The van der Waals surface area contributed by atoms with Gasteiger partial charge in [0.25, 0.3) is 0 Å². The van der Waals surface area contributed by atoms with Crippen molar-refractivity contribution in [3.05, 3.63) is 46.5 Å². The van der Waals surface area contributed by atoms with E-state index in [0.717, 1.165) is 0 Å². The lowest BCUT2D eigenvalue weighted by atomic mass is 10.1. The Bertz CT molecular complexity index is 428. The second kappa shape index (κ2) is 4.61. The number of hydrogen-bond donors (Lipinski definition) is 1. The highest BCUT2D eigenvalue weighted by atomic mass is 32.2. The van der Waals surface area contributed by atoms with Crippen molar-refractivity contribution in [2.24, 2.45) is 5.73 Å². The topological polar surface area (TPSA) is 52.3 Å². The number of ether oxygens (including phenoxy) is 1. The third-order valence-corrected chi connectivity index (χ3v) is 3.89. The predicted molar refractivity (Wildman–Crippen MR) is 64.6 cm³/mol. The summed E-state index contributed by atoms with van der Waals surface area (Å²) in [7, 11) is 1.37. The van der Waals surface area contributed by atoms with Gasteiger partial charge >= 0.3 is 5.97 Å². The van der Waals surface area contributed by atoms with E-state index < -0.39 is 0 Å². The molecule has 0 saturated carbocycles. The van der Waals surface area contributed by atoms with Gasteiger partial charge in [-0.1, -0.05) is 30.3 Å². The first kappa shape index (κ1) is 11.1. The molecule has 16 heavy (non-hydrogen) atoms. The zero-order valence-electron chi connectivity index (χ0n) is 8.97. The summed E-state index contributed by atoms with van der Waals surface area (Å²) in [6.07, 6.45) is 0.707. The molecule has 1 aliphatic rings. The van der Waals surface area contributed by atoms with Gasteiger partial charge in [0.2, 0.25) is 0 Å². The van der Waals surface area contributed by atoms with Crippen molar-refractivity contribution in [3.63, 3.8) is 0 Å². The molecule has 1 heterocycles. The quantitative estimate of drug-likeness (QED) is 0.798. The van der Waals surface area contributed by atoms with Gasteiger partial charge in [0, 0.05) is 17.4 Å². The zero-order chi connectivity index (χ0) is 11.5. The Morgan fingerprint density at radius 1 is 1.44 bits per heavy atom. The number of thioether (sulfide) groups is 1. The molecule has 2 rings (SSSR count). The van der Waals surface area contributed by atoms with E-state index in [1.54, 1.807) is 0 Å². The molecule has 1 atom stereocenters. The number of carbonyl (C=O) groups is 1. The number of allylic oxidation sites excluding steroid dienone is 1.